The van der Waals surface area contributed by atoms with Gasteiger partial charge < -0.3 is 92.0 Å². The van der Waals surface area contributed by atoms with Gasteiger partial charge in [-0.05, 0) is 138 Å². The molecular formula is C83H109N19O20S2. The first-order valence-corrected chi connectivity index (χ1v) is 43.5. The van der Waals surface area contributed by atoms with Crippen LogP contribution in [-0.2, 0) is 94.1 Å². The molecular weight excluding hydrogens is 1650 g/mol. The van der Waals surface area contributed by atoms with Crippen LogP contribution in [0.15, 0.2) is 117 Å². The van der Waals surface area contributed by atoms with Gasteiger partial charge >= 0.3 is 11.9 Å². The topological polar surface area (TPSA) is 567 Å². The molecule has 0 spiro atoms. The minimum atomic E-state index is -4.37. The summed E-state index contributed by atoms with van der Waals surface area (Å²) in [6.45, 7) is 12.1. The number of carboxylic acids is 2. The number of carbonyl (C=O) groups is 10. The summed E-state index contributed by atoms with van der Waals surface area (Å²) in [7, 11) is -8.75. The Morgan fingerprint density at radius 1 is 0.452 bits per heavy atom. The molecule has 0 aliphatic rings. The van der Waals surface area contributed by atoms with E-state index < -0.39 is 91.6 Å². The van der Waals surface area contributed by atoms with Crippen molar-refractivity contribution in [2.45, 2.75) is 167 Å². The van der Waals surface area contributed by atoms with Gasteiger partial charge in [0, 0.05) is 191 Å². The third-order valence-electron chi connectivity index (χ3n) is 19.5. The summed E-state index contributed by atoms with van der Waals surface area (Å²) < 4.78 is 72.7. The fraction of sp³-hybridized carbons (Fsp3) is 0.434. The van der Waals surface area contributed by atoms with Gasteiger partial charge in [0.15, 0.2) is 11.9 Å². The quantitative estimate of drug-likeness (QED) is 0.0192. The molecule has 0 bridgehead atoms. The van der Waals surface area contributed by atoms with Gasteiger partial charge in [-0.1, -0.05) is 47.5 Å². The molecule has 4 heterocycles. The molecule has 8 rings (SSSR count). The highest BCUT2D eigenvalue weighted by Crippen LogP contribution is 2.25. The summed E-state index contributed by atoms with van der Waals surface area (Å²) in [5, 5.41) is 56.1. The summed E-state index contributed by atoms with van der Waals surface area (Å²) in [5.74, 6) is -6.43. The average molecular weight is 1760 g/mol. The molecule has 2 unspecified atom stereocenters. The van der Waals surface area contributed by atoms with Gasteiger partial charge in [-0.25, -0.2) is 26.8 Å². The zero-order valence-corrected chi connectivity index (χ0v) is 71.7. The molecule has 124 heavy (non-hydrogen) atoms. The molecule has 0 aliphatic heterocycles. The summed E-state index contributed by atoms with van der Waals surface area (Å²) in [6.07, 6.45) is 11.1. The number of ether oxygens (including phenoxy) is 2. The maximum atomic E-state index is 13.9. The molecule has 4 aromatic heterocycles. The lowest BCUT2D eigenvalue weighted by atomic mass is 10.1. The summed E-state index contributed by atoms with van der Waals surface area (Å²) in [4.78, 5) is 170. The second-order valence-electron chi connectivity index (χ2n) is 29.6. The number of anilines is 2. The van der Waals surface area contributed by atoms with E-state index in [2.05, 4.69) is 82.5 Å². The van der Waals surface area contributed by atoms with Gasteiger partial charge in [0.1, 0.15) is 23.2 Å². The van der Waals surface area contributed by atoms with Crippen LogP contribution in [0.3, 0.4) is 0 Å². The van der Waals surface area contributed by atoms with Crippen molar-refractivity contribution in [2.75, 3.05) is 89.4 Å². The van der Waals surface area contributed by atoms with Crippen LogP contribution in [0, 0.1) is 47.0 Å². The fourth-order valence-corrected chi connectivity index (χ4v) is 16.9. The molecule has 668 valence electrons. The number of nitrogens with zero attached hydrogens (tertiary/aromatic N) is 4. The predicted octanol–water partition coefficient (Wildman–Crippen LogP) is 3.29. The zero-order chi connectivity index (χ0) is 90.0. The first kappa shape index (κ1) is 96.9. The van der Waals surface area contributed by atoms with Crippen molar-refractivity contribution in [1.29, 1.82) is 5.41 Å². The van der Waals surface area contributed by atoms with Crippen molar-refractivity contribution in [3.05, 3.63) is 174 Å². The number of pyridine rings is 2. The Morgan fingerprint density at radius 2 is 0.782 bits per heavy atom. The molecule has 8 amide bonds. The number of hydrogen-bond acceptors (Lipinski definition) is 23. The van der Waals surface area contributed by atoms with Crippen LogP contribution >= 0.6 is 0 Å². The molecule has 17 N–H and O–H groups in total. The summed E-state index contributed by atoms with van der Waals surface area (Å²) in [5.41, 5.74) is 3.43. The Kier molecular flexibility index (Phi) is 37.3. The van der Waals surface area contributed by atoms with Crippen LogP contribution in [0.5, 0.6) is 0 Å². The first-order valence-electron chi connectivity index (χ1n) is 40.5. The van der Waals surface area contributed by atoms with Crippen molar-refractivity contribution < 1.29 is 84.5 Å². The first-order chi connectivity index (χ1) is 59.2. The zero-order valence-electron chi connectivity index (χ0n) is 70.0. The van der Waals surface area contributed by atoms with Gasteiger partial charge in [0.05, 0.1) is 26.5 Å². The number of sulfonamides is 2. The number of hydrogen-bond donors (Lipinski definition) is 17. The molecule has 0 saturated carbocycles. The number of rotatable bonds is 54. The largest absolute Gasteiger partial charge is 0.480 e. The number of aromatic amines is 2. The highest BCUT2D eigenvalue weighted by atomic mass is 32.2. The molecule has 0 radical (unpaired) electrons. The lowest BCUT2D eigenvalue weighted by Crippen LogP contribution is -2.49. The van der Waals surface area contributed by atoms with Crippen molar-refractivity contribution in [2.24, 2.45) is 0 Å². The van der Waals surface area contributed by atoms with Gasteiger partial charge in [0.2, 0.25) is 60.4 Å². The van der Waals surface area contributed by atoms with Gasteiger partial charge in [-0.15, -0.1) is 0 Å². The van der Waals surface area contributed by atoms with E-state index in [0.29, 0.717) is 123 Å². The SMILES string of the molecule is Cc1cc(C)c(S(=O)(=O)NC(CNC(=O)c2cn(CCCNC(=O)CCC(=O)NCCCOCCCNC(=O)CCC(=N)C(=O)NCCCOCCCNC(=O)CCC(=O)NCCCn3cc(C(=O)NCC(NS(=O)(=O)c4c(C)cc(C)cc4C)C(=O)O)c(=O)c4ccc(CNc5ncc[nH]5)cc43)c3cc(CNc4ncc[nH]4)ccc3c2=O)C(=O)O)c(C)c1. The smallest absolute Gasteiger partial charge is 0.323 e. The Morgan fingerprint density at radius 3 is 1.11 bits per heavy atom. The molecule has 2 atom stereocenters. The van der Waals surface area contributed by atoms with Crippen LogP contribution in [-0.4, -0.2) is 212 Å². The van der Waals surface area contributed by atoms with E-state index in [-0.39, 0.29) is 152 Å². The molecule has 0 aliphatic carbocycles. The number of aryl methyl sites for hydroxylation is 8. The number of carbonyl (C=O) groups excluding carboxylic acids is 8. The third kappa shape index (κ3) is 30.2. The van der Waals surface area contributed by atoms with Gasteiger partial charge in [-0.2, -0.15) is 9.44 Å². The van der Waals surface area contributed by atoms with E-state index in [9.17, 15) is 84.6 Å². The number of carboxylic acid groups (broad SMARTS) is 2. The number of H-pyrrole nitrogens is 2. The van der Waals surface area contributed by atoms with E-state index in [1.165, 1.54) is 12.4 Å². The monoisotopic (exact) mass is 1760 g/mol. The number of benzene rings is 4. The number of aliphatic carboxylic acids is 2. The van der Waals surface area contributed by atoms with Crippen LogP contribution < -0.4 is 73.5 Å². The van der Waals surface area contributed by atoms with Crippen LogP contribution in [0.1, 0.15) is 142 Å². The van der Waals surface area contributed by atoms with Gasteiger partial charge in [0.25, 0.3) is 17.7 Å². The maximum absolute atomic E-state index is 13.9. The molecule has 39 nitrogen and oxygen atoms in total. The Bertz CT molecular complexity index is 5460. The number of aromatic nitrogens is 6. The van der Waals surface area contributed by atoms with Crippen molar-refractivity contribution in [3.8, 4) is 0 Å². The fourth-order valence-electron chi connectivity index (χ4n) is 13.6. The molecule has 0 fully saturated rings. The highest BCUT2D eigenvalue weighted by Gasteiger charge is 2.32. The number of imidazole rings is 2. The van der Waals surface area contributed by atoms with Crippen molar-refractivity contribution >= 4 is 119 Å². The minimum Gasteiger partial charge on any atom is -0.480 e. The number of fused-ring (bicyclic) bond motifs is 2. The Hall–Kier alpha value is -12.6. The Balaban J connectivity index is 0.631. The van der Waals surface area contributed by atoms with E-state index in [0.717, 1.165) is 22.3 Å². The third-order valence-corrected chi connectivity index (χ3v) is 23.1. The molecule has 41 heteroatoms. The predicted molar refractivity (Wildman–Crippen MR) is 461 cm³/mol. The summed E-state index contributed by atoms with van der Waals surface area (Å²) in [6, 6.07) is 13.1. The number of nitrogens with one attached hydrogen (secondary N) is 15. The van der Waals surface area contributed by atoms with Crippen LogP contribution in [0.25, 0.3) is 21.8 Å². The summed E-state index contributed by atoms with van der Waals surface area (Å²) >= 11 is 0. The second-order valence-corrected chi connectivity index (χ2v) is 32.9. The van der Waals surface area contributed by atoms with E-state index in [4.69, 9.17) is 14.9 Å². The van der Waals surface area contributed by atoms with E-state index in [1.54, 1.807) is 136 Å². The maximum Gasteiger partial charge on any atom is 0.323 e. The lowest BCUT2D eigenvalue weighted by molar-refractivity contribution is -0.139. The van der Waals surface area contributed by atoms with E-state index >= 15 is 0 Å². The standard InChI is InChI=1S/C83H109N19O20S2/c1-51-39-53(3)75(54(4)40-51)123(117,118)99-64(80(113)114)47-95-77(110)61-49-101(66-43-57(13-15-59(66)73(61)108)45-97-82-91-29-30-92-82)33-7-23-85-69(104)19-21-71(106)88-26-10-36-121-35-9-25-87-68(103)18-17-63(84)79(112)90-28-12-38-122-37-11-27-89-72(107)22-20-70(105)86-24-8-34-102-50-62(74(109)60-16-14-58(44-67(60)102)46-98-83-93-31-32-94-83)78(111)96-48-65(81(115)116)100-124(119,120)76-55(5)41-52(2)42-56(76)6/h13-16,29-32,39-44,49-50,64-65,84,99-100H,7-12,17-28,33-38,45-48H2,1-6H3,(H,85,104)(H,86,105)(H,87,103)(H,88,106)(H,89,107)(H,90,112)(H,95,110)(H,96,111)(H,113,114)(H,115,116)(H2,91,92,97)(H2,93,94,98). The Labute approximate surface area is 716 Å². The van der Waals surface area contributed by atoms with Crippen molar-refractivity contribution in [1.82, 2.24) is 81.0 Å². The van der Waals surface area contributed by atoms with Crippen LogP contribution in [0.2, 0.25) is 0 Å². The van der Waals surface area contributed by atoms with Crippen LogP contribution in [0.4, 0.5) is 11.9 Å². The normalized spacial score (nSPS) is 11.9. The lowest BCUT2D eigenvalue weighted by Gasteiger charge is -2.19. The molecule has 8 aromatic rings. The van der Waals surface area contributed by atoms with E-state index in [1.807, 2.05) is 0 Å². The number of amides is 8. The minimum absolute atomic E-state index is 0.0768. The molecule has 4 aromatic carbocycles. The average Bonchev–Trinajstić information content (AvgIpc) is 1.04. The van der Waals surface area contributed by atoms with Crippen molar-refractivity contribution in [3.63, 3.8) is 0 Å². The van der Waals surface area contributed by atoms with Gasteiger partial charge in [-0.3, -0.25) is 62.9 Å². The molecule has 0 saturated heterocycles. The highest BCUT2D eigenvalue weighted by molar-refractivity contribution is 7.90. The second kappa shape index (κ2) is 47.7.